The number of aromatic nitrogens is 2. The molecule has 0 bridgehead atoms. The summed E-state index contributed by atoms with van der Waals surface area (Å²) >= 11 is 12.5. The van der Waals surface area contributed by atoms with Crippen LogP contribution in [0.15, 0.2) is 29.3 Å². The molecule has 27 heavy (non-hydrogen) atoms. The molecule has 1 aliphatic heterocycles. The van der Waals surface area contributed by atoms with Crippen molar-refractivity contribution in [3.8, 4) is 0 Å². The van der Waals surface area contributed by atoms with E-state index in [1.165, 1.54) is 4.31 Å². The molecule has 2 aromatic rings. The Morgan fingerprint density at radius 1 is 1.11 bits per heavy atom. The molecule has 0 N–H and O–H groups in total. The van der Waals surface area contributed by atoms with E-state index in [0.717, 1.165) is 5.56 Å². The Hall–Kier alpha value is -0.830. The van der Waals surface area contributed by atoms with E-state index in [1.807, 2.05) is 25.1 Å². The predicted molar refractivity (Wildman–Crippen MR) is 103 cm³/mol. The van der Waals surface area contributed by atoms with Gasteiger partial charge in [-0.15, -0.1) is 0 Å². The maximum atomic E-state index is 12.9. The van der Waals surface area contributed by atoms with Gasteiger partial charge in [0, 0.05) is 61.1 Å². The van der Waals surface area contributed by atoms with Crippen LogP contribution < -0.4 is 12.4 Å². The quantitative estimate of drug-likeness (QED) is 0.642. The second kappa shape index (κ2) is 9.11. The Kier molecular flexibility index (Phi) is 7.58. The molecule has 0 radical (unpaired) electrons. The van der Waals surface area contributed by atoms with Gasteiger partial charge in [0.1, 0.15) is 4.90 Å². The van der Waals surface area contributed by atoms with E-state index >= 15 is 0 Å². The van der Waals surface area contributed by atoms with Crippen molar-refractivity contribution < 1.29 is 20.8 Å². The van der Waals surface area contributed by atoms with E-state index in [9.17, 15) is 8.42 Å². The smallest absolute Gasteiger partial charge is 0.246 e. The Morgan fingerprint density at radius 2 is 1.70 bits per heavy atom. The van der Waals surface area contributed by atoms with Crippen LogP contribution in [0.25, 0.3) is 0 Å². The van der Waals surface area contributed by atoms with Gasteiger partial charge in [-0.05, 0) is 26.0 Å². The molecule has 0 saturated carbocycles. The maximum Gasteiger partial charge on any atom is 0.246 e. The van der Waals surface area contributed by atoms with Crippen LogP contribution in [0.3, 0.4) is 0 Å². The van der Waals surface area contributed by atoms with Gasteiger partial charge in [0.2, 0.25) is 10.0 Å². The molecule has 1 aromatic carbocycles. The van der Waals surface area contributed by atoms with Crippen LogP contribution in [-0.2, 0) is 23.1 Å². The fraction of sp³-hybridized carbons (Fsp3) is 0.471. The lowest BCUT2D eigenvalue weighted by Gasteiger charge is -2.34. The fourth-order valence-corrected chi connectivity index (χ4v) is 5.20. The van der Waals surface area contributed by atoms with Crippen LogP contribution in [0.4, 0.5) is 0 Å². The van der Waals surface area contributed by atoms with Crippen molar-refractivity contribution in [3.05, 3.63) is 45.7 Å². The first-order chi connectivity index (χ1) is 12.3. The van der Waals surface area contributed by atoms with E-state index in [-0.39, 0.29) is 12.4 Å². The van der Waals surface area contributed by atoms with Gasteiger partial charge < -0.3 is 12.4 Å². The molecule has 0 atom stereocenters. The number of hydrogen-bond donors (Lipinski definition) is 0. The molecule has 0 spiro atoms. The molecule has 1 fully saturated rings. The molecule has 0 amide bonds. The number of rotatable bonds is 5. The van der Waals surface area contributed by atoms with Gasteiger partial charge in [-0.3, -0.25) is 9.58 Å². The molecular weight excluding hydrogens is 431 g/mol. The minimum absolute atomic E-state index is 0. The van der Waals surface area contributed by atoms with E-state index < -0.39 is 10.0 Å². The van der Waals surface area contributed by atoms with Crippen LogP contribution in [0, 0.1) is 6.92 Å². The van der Waals surface area contributed by atoms with Gasteiger partial charge in [0.05, 0.1) is 5.69 Å². The van der Waals surface area contributed by atoms with Gasteiger partial charge in [-0.1, -0.05) is 29.3 Å². The number of hydrogen-bond acceptors (Lipinski definition) is 4. The molecule has 0 aliphatic carbocycles. The highest BCUT2D eigenvalue weighted by atomic mass is 35.5. The summed E-state index contributed by atoms with van der Waals surface area (Å²) in [5, 5.41) is 5.52. The summed E-state index contributed by atoms with van der Waals surface area (Å²) in [6.45, 7) is 7.03. The molecule has 1 aromatic heterocycles. The van der Waals surface area contributed by atoms with Crippen molar-refractivity contribution in [1.29, 1.82) is 0 Å². The fourth-order valence-electron chi connectivity index (χ4n) is 3.09. The van der Waals surface area contributed by atoms with E-state index in [1.54, 1.807) is 17.8 Å². The lowest BCUT2D eigenvalue weighted by molar-refractivity contribution is -0.00000808. The third-order valence-corrected chi connectivity index (χ3v) is 7.33. The summed E-state index contributed by atoms with van der Waals surface area (Å²) in [5.74, 6) is 0. The Balaban J connectivity index is 0.00000261. The van der Waals surface area contributed by atoms with Gasteiger partial charge in [-0.25, -0.2) is 8.42 Å². The van der Waals surface area contributed by atoms with Gasteiger partial charge in [-0.2, -0.15) is 9.40 Å². The van der Waals surface area contributed by atoms with E-state index in [2.05, 4.69) is 10.00 Å². The number of nitrogens with zero attached hydrogens (tertiary/aromatic N) is 4. The predicted octanol–water partition coefficient (Wildman–Crippen LogP) is 0.0287. The minimum atomic E-state index is -3.52. The van der Waals surface area contributed by atoms with Crippen molar-refractivity contribution in [2.75, 3.05) is 26.2 Å². The third-order valence-electron chi connectivity index (χ3n) is 4.62. The molecule has 1 saturated heterocycles. The molecule has 1 aliphatic rings. The summed E-state index contributed by atoms with van der Waals surface area (Å²) in [6.07, 6.45) is 1.61. The first-order valence-electron chi connectivity index (χ1n) is 8.52. The van der Waals surface area contributed by atoms with Crippen molar-refractivity contribution in [2.24, 2.45) is 0 Å². The number of piperazine rings is 1. The first kappa shape index (κ1) is 22.5. The first-order valence-corrected chi connectivity index (χ1v) is 10.7. The highest BCUT2D eigenvalue weighted by molar-refractivity contribution is 7.89. The van der Waals surface area contributed by atoms with Crippen LogP contribution in [0.2, 0.25) is 10.0 Å². The van der Waals surface area contributed by atoms with E-state index in [4.69, 9.17) is 23.2 Å². The standard InChI is InChI=1S/C17H22Cl2N4O2S.ClH/c1-3-22-12-17(13(2)20-22)26(24,25)23-9-7-21(8-10-23)11-14-15(18)5-4-6-16(14)19;/h4-6,12H,3,7-11H2,1-2H3;1H/p-1. The van der Waals surface area contributed by atoms with Crippen molar-refractivity contribution in [1.82, 2.24) is 19.0 Å². The van der Waals surface area contributed by atoms with Crippen molar-refractivity contribution in [2.45, 2.75) is 31.8 Å². The zero-order valence-electron chi connectivity index (χ0n) is 15.2. The summed E-state index contributed by atoms with van der Waals surface area (Å²) in [6, 6.07) is 5.45. The lowest BCUT2D eigenvalue weighted by Crippen LogP contribution is -3.00. The molecule has 0 unspecified atom stereocenters. The Labute approximate surface area is 176 Å². The third kappa shape index (κ3) is 4.78. The highest BCUT2D eigenvalue weighted by Gasteiger charge is 2.31. The van der Waals surface area contributed by atoms with Gasteiger partial charge in [0.25, 0.3) is 0 Å². The van der Waals surface area contributed by atoms with Gasteiger partial charge >= 0.3 is 0 Å². The SMILES string of the molecule is CCn1cc(S(=O)(=O)N2CCN(Cc3c(Cl)cccc3Cl)CC2)c(C)n1.[Cl-]. The van der Waals surface area contributed by atoms with E-state index in [0.29, 0.717) is 59.9 Å². The molecule has 2 heterocycles. The highest BCUT2D eigenvalue weighted by Crippen LogP contribution is 2.27. The van der Waals surface area contributed by atoms with Crippen LogP contribution >= 0.6 is 23.2 Å². The zero-order chi connectivity index (χ0) is 18.9. The average molecular weight is 453 g/mol. The number of halogens is 3. The Morgan fingerprint density at radius 3 is 2.22 bits per heavy atom. The van der Waals surface area contributed by atoms with Crippen molar-refractivity contribution in [3.63, 3.8) is 0 Å². The summed E-state index contributed by atoms with van der Waals surface area (Å²) in [7, 11) is -3.52. The maximum absolute atomic E-state index is 12.9. The number of sulfonamides is 1. The van der Waals surface area contributed by atoms with Crippen molar-refractivity contribution >= 4 is 33.2 Å². The zero-order valence-corrected chi connectivity index (χ0v) is 18.3. The second-order valence-electron chi connectivity index (χ2n) is 6.31. The topological polar surface area (TPSA) is 58.4 Å². The van der Waals surface area contributed by atoms with Gasteiger partial charge in [0.15, 0.2) is 0 Å². The molecule has 150 valence electrons. The second-order valence-corrected chi connectivity index (χ2v) is 9.04. The molecule has 3 rings (SSSR count). The number of aryl methyl sites for hydroxylation is 2. The largest absolute Gasteiger partial charge is 1.00 e. The summed E-state index contributed by atoms with van der Waals surface area (Å²) < 4.78 is 29.0. The number of benzene rings is 1. The average Bonchev–Trinajstić information content (AvgIpc) is 3.00. The monoisotopic (exact) mass is 451 g/mol. The summed E-state index contributed by atoms with van der Waals surface area (Å²) in [5.41, 5.74) is 1.42. The van der Waals surface area contributed by atoms with Crippen LogP contribution in [0.1, 0.15) is 18.2 Å². The normalized spacial score (nSPS) is 16.3. The Bertz CT molecular complexity index is 873. The van der Waals surface area contributed by atoms with Crippen LogP contribution in [0.5, 0.6) is 0 Å². The molecule has 6 nitrogen and oxygen atoms in total. The summed E-state index contributed by atoms with van der Waals surface area (Å²) in [4.78, 5) is 2.46. The lowest BCUT2D eigenvalue weighted by atomic mass is 10.2. The van der Waals surface area contributed by atoms with Crippen LogP contribution in [-0.4, -0.2) is 53.6 Å². The molecule has 10 heteroatoms. The molecular formula is C17H22Cl3N4O2S-. The minimum Gasteiger partial charge on any atom is -1.00 e.